The van der Waals surface area contributed by atoms with Crippen molar-refractivity contribution in [1.82, 2.24) is 30.4 Å². The number of carbonyl (C=O) groups is 6. The van der Waals surface area contributed by atoms with Crippen LogP contribution in [0, 0.1) is 0 Å². The van der Waals surface area contributed by atoms with E-state index in [1.165, 1.54) is 24.1 Å². The fourth-order valence-corrected chi connectivity index (χ4v) is 7.95. The molecule has 0 saturated carbocycles. The van der Waals surface area contributed by atoms with Gasteiger partial charge in [-0.05, 0) is 32.9 Å². The number of thiazole rings is 1. The number of oxime groups is 2. The van der Waals surface area contributed by atoms with Crippen molar-refractivity contribution in [3.63, 3.8) is 0 Å². The highest BCUT2D eigenvalue weighted by Gasteiger charge is 2.67. The maximum atomic E-state index is 13.6. The number of urea groups is 1. The summed E-state index contributed by atoms with van der Waals surface area (Å²) in [4.78, 5) is 86.6. The molecule has 0 aliphatic carbocycles. The molecule has 0 radical (unpaired) electrons. The van der Waals surface area contributed by atoms with Gasteiger partial charge in [-0.1, -0.05) is 33.7 Å². The van der Waals surface area contributed by atoms with Crippen LogP contribution in [0.2, 0.25) is 5.02 Å². The molecule has 3 aliphatic rings. The number of phenols is 2. The number of aromatic hydroxyl groups is 2. The van der Waals surface area contributed by atoms with E-state index in [0.29, 0.717) is 0 Å². The van der Waals surface area contributed by atoms with Gasteiger partial charge in [0.2, 0.25) is 16.4 Å². The van der Waals surface area contributed by atoms with Crippen LogP contribution in [0.1, 0.15) is 32.0 Å². The number of nitrogens with zero attached hydrogens (tertiary/aromatic N) is 7. The van der Waals surface area contributed by atoms with E-state index in [-0.39, 0.29) is 29.5 Å². The predicted molar refractivity (Wildman–Crippen MR) is 189 cm³/mol. The van der Waals surface area contributed by atoms with Crippen molar-refractivity contribution >= 4 is 93.2 Å². The Balaban J connectivity index is 1.26. The van der Waals surface area contributed by atoms with Crippen LogP contribution in [-0.4, -0.2) is 146 Å². The Hall–Kier alpha value is -5.88. The number of nitrogens with two attached hydrogens (primary N) is 1. The summed E-state index contributed by atoms with van der Waals surface area (Å²) in [6.45, 7) is 3.10. The zero-order valence-electron chi connectivity index (χ0n) is 28.2. The normalized spacial score (nSPS) is 23.0. The first-order valence-corrected chi connectivity index (χ1v) is 17.6. The number of hydrogen-bond donors (Lipinski definition) is 8. The van der Waals surface area contributed by atoms with Gasteiger partial charge in [-0.3, -0.25) is 19.3 Å². The van der Waals surface area contributed by atoms with Crippen molar-refractivity contribution < 1.29 is 59.2 Å². The van der Waals surface area contributed by atoms with E-state index >= 15 is 0 Å². The number of nitrogen functional groups attached to an aromatic ring is 1. The van der Waals surface area contributed by atoms with Gasteiger partial charge < -0.3 is 51.7 Å². The molecule has 0 spiro atoms. The predicted octanol–water partition coefficient (Wildman–Crippen LogP) is -0.339. The molecule has 5 rings (SSSR count). The third-order valence-electron chi connectivity index (χ3n) is 8.26. The first-order chi connectivity index (χ1) is 25.3. The Kier molecular flexibility index (Phi) is 10.8. The van der Waals surface area contributed by atoms with E-state index in [2.05, 4.69) is 31.0 Å². The van der Waals surface area contributed by atoms with Gasteiger partial charge in [-0.15, -0.1) is 11.3 Å². The summed E-state index contributed by atoms with van der Waals surface area (Å²) in [5.41, 5.74) is 2.47. The number of aliphatic carboxylic acids is 2. The Bertz CT molecular complexity index is 2030. The molecular formula is C29H31ClN10O12S2. The molecule has 1 aromatic heterocycles. The van der Waals surface area contributed by atoms with E-state index in [9.17, 15) is 54.4 Å². The van der Waals surface area contributed by atoms with E-state index < -0.39 is 98.1 Å². The second-order valence-corrected chi connectivity index (χ2v) is 14.9. The number of β-lactam (4-membered cyclic amide) rings is 1. The van der Waals surface area contributed by atoms with E-state index in [1.807, 2.05) is 0 Å². The minimum atomic E-state index is -2.01. The highest BCUT2D eigenvalue weighted by atomic mass is 35.5. The van der Waals surface area contributed by atoms with Crippen molar-refractivity contribution in [3.8, 4) is 11.5 Å². The number of hydrogen-bond acceptors (Lipinski definition) is 17. The number of phenolic OH excluding ortho intramolecular Hbond substituents is 2. The minimum Gasteiger partial charge on any atom is -0.504 e. The molecule has 3 aliphatic heterocycles. The molecular weight excluding hydrogens is 780 g/mol. The van der Waals surface area contributed by atoms with Crippen LogP contribution < -0.4 is 16.4 Å². The molecule has 4 heterocycles. The molecule has 2 aromatic rings. The lowest BCUT2D eigenvalue weighted by Crippen LogP contribution is -2.68. The van der Waals surface area contributed by atoms with Crippen molar-refractivity contribution in [2.75, 3.05) is 25.4 Å². The number of benzene rings is 1. The highest BCUT2D eigenvalue weighted by molar-refractivity contribution is 8.02. The Morgan fingerprint density at radius 3 is 2.50 bits per heavy atom. The number of carbonyl (C=O) groups excluding carboxylic acids is 4. The lowest BCUT2D eigenvalue weighted by atomic mass is 10.0. The van der Waals surface area contributed by atoms with Gasteiger partial charge in [-0.2, -0.15) is 5.10 Å². The lowest BCUT2D eigenvalue weighted by molar-refractivity contribution is -0.161. The molecule has 1 unspecified atom stereocenters. The number of fused-ring (bicyclic) bond motifs is 1. The van der Waals surface area contributed by atoms with Crippen LogP contribution in [0.3, 0.4) is 0 Å². The summed E-state index contributed by atoms with van der Waals surface area (Å²) < 4.78 is 0. The molecule has 9 N–H and O–H groups in total. The maximum absolute atomic E-state index is 13.6. The van der Waals surface area contributed by atoms with Crippen LogP contribution in [-0.2, 0) is 28.8 Å². The number of amides is 5. The average Bonchev–Trinajstić information content (AvgIpc) is 3.79. The third-order valence-corrected chi connectivity index (χ3v) is 11.0. The van der Waals surface area contributed by atoms with Crippen LogP contribution in [0.15, 0.2) is 32.9 Å². The topological polar surface area (TPSA) is 323 Å². The van der Waals surface area contributed by atoms with Crippen LogP contribution in [0.4, 0.5) is 9.93 Å². The Morgan fingerprint density at radius 1 is 1.19 bits per heavy atom. The van der Waals surface area contributed by atoms with Gasteiger partial charge in [-0.25, -0.2) is 24.4 Å². The number of aromatic nitrogens is 1. The zero-order chi connectivity index (χ0) is 39.9. The number of thioether (sulfide) groups is 1. The first kappa shape index (κ1) is 39.3. The SMILES string of the molecule is C[C@H]1CN(/N=C/CNC(=O)/C(=N\O)c2ccc(O)c(O)c2Cl)C(=O)N1[C@]1(C(=O)O)CN2C(=O)C(NC(=O)/C(=N\OC(C)(C)C(=O)O)c3csc(N)n3)[C@H]2S1. The largest absolute Gasteiger partial charge is 0.504 e. The molecule has 22 nitrogen and oxygen atoms in total. The molecule has 54 heavy (non-hydrogen) atoms. The summed E-state index contributed by atoms with van der Waals surface area (Å²) in [5, 5.41) is 65.1. The van der Waals surface area contributed by atoms with Crippen LogP contribution in [0.25, 0.3) is 0 Å². The molecule has 0 bridgehead atoms. The monoisotopic (exact) mass is 810 g/mol. The van der Waals surface area contributed by atoms with E-state index in [1.54, 1.807) is 6.92 Å². The average molecular weight is 811 g/mol. The van der Waals surface area contributed by atoms with Crippen molar-refractivity contribution in [2.45, 2.75) is 48.7 Å². The maximum Gasteiger partial charge on any atom is 0.350 e. The number of hydrazone groups is 1. The van der Waals surface area contributed by atoms with Crippen LogP contribution >= 0.6 is 34.7 Å². The summed E-state index contributed by atoms with van der Waals surface area (Å²) in [5.74, 6) is -6.76. The number of rotatable bonds is 13. The van der Waals surface area contributed by atoms with Gasteiger partial charge in [0.05, 0.1) is 30.7 Å². The fraction of sp³-hybridized carbons (Fsp3) is 0.379. The summed E-state index contributed by atoms with van der Waals surface area (Å²) >= 11 is 7.66. The van der Waals surface area contributed by atoms with Crippen molar-refractivity contribution in [3.05, 3.63) is 33.8 Å². The number of nitrogens with one attached hydrogen (secondary N) is 2. The van der Waals surface area contributed by atoms with E-state index in [0.717, 1.165) is 51.4 Å². The molecule has 25 heteroatoms. The lowest BCUT2D eigenvalue weighted by Gasteiger charge is -2.41. The van der Waals surface area contributed by atoms with Gasteiger partial charge in [0.25, 0.3) is 11.8 Å². The zero-order valence-corrected chi connectivity index (χ0v) is 30.5. The minimum absolute atomic E-state index is 0.0576. The second kappa shape index (κ2) is 14.9. The number of carboxylic acids is 2. The Labute approximate surface area is 316 Å². The molecule has 5 amide bonds. The quantitative estimate of drug-likeness (QED) is 0.0422. The van der Waals surface area contributed by atoms with Crippen molar-refractivity contribution in [1.29, 1.82) is 0 Å². The summed E-state index contributed by atoms with van der Waals surface area (Å²) in [6, 6.07) is -0.714. The Morgan fingerprint density at radius 2 is 1.89 bits per heavy atom. The van der Waals surface area contributed by atoms with Gasteiger partial charge in [0.15, 0.2) is 28.1 Å². The number of halogens is 1. The number of anilines is 1. The standard InChI is InChI=1S/C29H31ClN10O12S2/c1-11-8-39(33-7-6-32-20(43)16(36-51)12-4-5-14(41)19(42)15(12)30)27(50)40(11)29(25(48)49)10-38-22(45)18(23(38)54-29)35-21(44)17(13-9-53-26(31)34-13)37-52-28(2,3)24(46)47/h4-5,7,9,11,18,23,41-42,51H,6,8,10H2,1-3H3,(H2,31,34)(H,32,43)(H,35,44)(H,46,47)(H,48,49)/b33-7+,36-16-,37-17-/t11-,18?,23+,29+/m0/s1. The van der Waals surface area contributed by atoms with Gasteiger partial charge in [0, 0.05) is 17.2 Å². The second-order valence-electron chi connectivity index (χ2n) is 12.3. The summed E-state index contributed by atoms with van der Waals surface area (Å²) in [6.07, 6.45) is 1.12. The van der Waals surface area contributed by atoms with Crippen LogP contribution in [0.5, 0.6) is 11.5 Å². The molecule has 288 valence electrons. The summed E-state index contributed by atoms with van der Waals surface area (Å²) in [7, 11) is 0. The third kappa shape index (κ3) is 7.08. The van der Waals surface area contributed by atoms with Gasteiger partial charge in [0.1, 0.15) is 17.1 Å². The first-order valence-electron chi connectivity index (χ1n) is 15.4. The molecule has 3 saturated heterocycles. The van der Waals surface area contributed by atoms with E-state index in [4.69, 9.17) is 22.2 Å². The molecule has 3 fully saturated rings. The fourth-order valence-electron chi connectivity index (χ4n) is 5.44. The number of carboxylic acid groups (broad SMARTS) is 2. The highest BCUT2D eigenvalue weighted by Crippen LogP contribution is 2.50. The smallest absolute Gasteiger partial charge is 0.350 e. The molecule has 4 atom stereocenters. The van der Waals surface area contributed by atoms with Gasteiger partial charge >= 0.3 is 18.0 Å². The van der Waals surface area contributed by atoms with Crippen molar-refractivity contribution in [2.24, 2.45) is 15.4 Å². The molecule has 1 aromatic carbocycles.